The fourth-order valence-electron chi connectivity index (χ4n) is 3.45. The molecular weight excluding hydrogens is 263 g/mol. The van der Waals surface area contributed by atoms with Crippen LogP contribution in [0.15, 0.2) is 48.5 Å². The summed E-state index contributed by atoms with van der Waals surface area (Å²) >= 11 is 0. The third-order valence-corrected chi connectivity index (χ3v) is 4.48. The summed E-state index contributed by atoms with van der Waals surface area (Å²) in [5, 5.41) is 1.27. The van der Waals surface area contributed by atoms with E-state index in [9.17, 15) is 4.39 Å². The van der Waals surface area contributed by atoms with E-state index >= 15 is 0 Å². The molecule has 1 aromatic heterocycles. The Kier molecular flexibility index (Phi) is 2.82. The second-order valence-corrected chi connectivity index (χ2v) is 5.72. The summed E-state index contributed by atoms with van der Waals surface area (Å²) in [4.78, 5) is 5.73. The van der Waals surface area contributed by atoms with Crippen LogP contribution in [0.2, 0.25) is 0 Å². The Morgan fingerprint density at radius 1 is 1.10 bits per heavy atom. The lowest BCUT2D eigenvalue weighted by Gasteiger charge is -2.33. The van der Waals surface area contributed by atoms with E-state index in [1.807, 2.05) is 18.2 Å². The van der Waals surface area contributed by atoms with Crippen LogP contribution in [0.3, 0.4) is 0 Å². The first-order valence-corrected chi connectivity index (χ1v) is 7.30. The molecule has 2 nitrogen and oxygen atoms in total. The van der Waals surface area contributed by atoms with Crippen LogP contribution in [0.5, 0.6) is 0 Å². The van der Waals surface area contributed by atoms with Crippen LogP contribution in [0.25, 0.3) is 10.9 Å². The minimum absolute atomic E-state index is 0.0395. The van der Waals surface area contributed by atoms with Gasteiger partial charge in [-0.2, -0.15) is 0 Å². The minimum atomic E-state index is -0.138. The first-order valence-electron chi connectivity index (χ1n) is 7.30. The highest BCUT2D eigenvalue weighted by Gasteiger charge is 2.30. The number of para-hydroxylation sites is 1. The Bertz CT molecular complexity index is 806. The molecule has 0 amide bonds. The Hall–Kier alpha value is -2.13. The zero-order valence-corrected chi connectivity index (χ0v) is 11.9. The largest absolute Gasteiger partial charge is 0.357 e. The van der Waals surface area contributed by atoms with Crippen LogP contribution in [0.4, 0.5) is 4.39 Å². The van der Waals surface area contributed by atoms with Crippen molar-refractivity contribution in [3.63, 3.8) is 0 Å². The number of halogens is 1. The Labute approximate surface area is 123 Å². The van der Waals surface area contributed by atoms with E-state index in [1.54, 1.807) is 12.1 Å². The summed E-state index contributed by atoms with van der Waals surface area (Å²) in [6.45, 7) is 0.938. The number of nitrogens with one attached hydrogen (secondary N) is 1. The third kappa shape index (κ3) is 1.88. The molecule has 1 aliphatic heterocycles. The maximum Gasteiger partial charge on any atom is 0.128 e. The molecule has 0 saturated carbocycles. The number of rotatable bonds is 1. The van der Waals surface area contributed by atoms with E-state index in [2.05, 4.69) is 35.1 Å². The van der Waals surface area contributed by atoms with Gasteiger partial charge in [0.15, 0.2) is 0 Å². The van der Waals surface area contributed by atoms with Gasteiger partial charge >= 0.3 is 0 Å². The van der Waals surface area contributed by atoms with Crippen molar-refractivity contribution in [2.75, 3.05) is 13.6 Å². The summed E-state index contributed by atoms with van der Waals surface area (Å²) in [7, 11) is 2.06. The van der Waals surface area contributed by atoms with Gasteiger partial charge in [-0.1, -0.05) is 36.4 Å². The third-order valence-electron chi connectivity index (χ3n) is 4.48. The van der Waals surface area contributed by atoms with Gasteiger partial charge in [-0.25, -0.2) is 4.39 Å². The van der Waals surface area contributed by atoms with Crippen LogP contribution in [-0.4, -0.2) is 23.5 Å². The standard InChI is InChI=1S/C18H17FN2/c1-21-11-10-13-12-6-3-5-9-16(12)20-17(13)18(21)14-7-2-4-8-15(14)19/h2-9,18,20H,10-11H2,1H3. The van der Waals surface area contributed by atoms with Crippen LogP contribution < -0.4 is 0 Å². The van der Waals surface area contributed by atoms with Crippen molar-refractivity contribution in [2.45, 2.75) is 12.5 Å². The predicted molar refractivity (Wildman–Crippen MR) is 82.9 cm³/mol. The average Bonchev–Trinajstić information content (AvgIpc) is 2.87. The molecule has 0 fully saturated rings. The highest BCUT2D eigenvalue weighted by Crippen LogP contribution is 2.38. The molecule has 3 aromatic rings. The molecular formula is C18H17FN2. The van der Waals surface area contributed by atoms with Crippen molar-refractivity contribution in [3.05, 3.63) is 71.2 Å². The summed E-state index contributed by atoms with van der Waals surface area (Å²) in [6, 6.07) is 15.4. The lowest BCUT2D eigenvalue weighted by atomic mass is 9.92. The number of hydrogen-bond acceptors (Lipinski definition) is 1. The fourth-order valence-corrected chi connectivity index (χ4v) is 3.45. The van der Waals surface area contributed by atoms with Gasteiger partial charge in [0, 0.05) is 28.7 Å². The Morgan fingerprint density at radius 2 is 1.86 bits per heavy atom. The van der Waals surface area contributed by atoms with Gasteiger partial charge in [-0.3, -0.25) is 4.90 Å². The first kappa shape index (κ1) is 12.6. The monoisotopic (exact) mass is 280 g/mol. The molecule has 0 radical (unpaired) electrons. The second kappa shape index (κ2) is 4.71. The quantitative estimate of drug-likeness (QED) is 0.716. The topological polar surface area (TPSA) is 19.0 Å². The molecule has 2 aromatic carbocycles. The first-order chi connectivity index (χ1) is 10.3. The number of fused-ring (bicyclic) bond motifs is 3. The molecule has 1 unspecified atom stereocenters. The van der Waals surface area contributed by atoms with Gasteiger partial charge in [0.1, 0.15) is 5.82 Å². The lowest BCUT2D eigenvalue weighted by molar-refractivity contribution is 0.256. The number of nitrogens with zero attached hydrogens (tertiary/aromatic N) is 1. The smallest absolute Gasteiger partial charge is 0.128 e. The number of aromatic amines is 1. The second-order valence-electron chi connectivity index (χ2n) is 5.72. The summed E-state index contributed by atoms with van der Waals surface area (Å²) in [6.07, 6.45) is 1.00. The number of likely N-dealkylation sites (N-methyl/N-ethyl adjacent to an activating group) is 1. The van der Waals surface area contributed by atoms with Gasteiger partial charge in [-0.05, 0) is 31.2 Å². The summed E-state index contributed by atoms with van der Waals surface area (Å²) in [5.41, 5.74) is 4.35. The van der Waals surface area contributed by atoms with Crippen molar-refractivity contribution in [2.24, 2.45) is 0 Å². The molecule has 1 atom stereocenters. The normalized spacial score (nSPS) is 18.9. The molecule has 3 heteroatoms. The molecule has 4 rings (SSSR count). The SMILES string of the molecule is CN1CCc2c([nH]c3ccccc23)C1c1ccccc1F. The molecule has 0 spiro atoms. The van der Waals surface area contributed by atoms with Crippen molar-refractivity contribution >= 4 is 10.9 Å². The van der Waals surface area contributed by atoms with Gasteiger partial charge in [0.25, 0.3) is 0 Å². The number of H-pyrrole nitrogens is 1. The van der Waals surface area contributed by atoms with Gasteiger partial charge < -0.3 is 4.98 Å². The molecule has 0 aliphatic carbocycles. The van der Waals surface area contributed by atoms with Crippen molar-refractivity contribution < 1.29 is 4.39 Å². The van der Waals surface area contributed by atoms with Crippen LogP contribution in [-0.2, 0) is 6.42 Å². The lowest BCUT2D eigenvalue weighted by Crippen LogP contribution is -2.33. The fraction of sp³-hybridized carbons (Fsp3) is 0.222. The van der Waals surface area contributed by atoms with E-state index < -0.39 is 0 Å². The predicted octanol–water partition coefficient (Wildman–Crippen LogP) is 3.88. The summed E-state index contributed by atoms with van der Waals surface area (Å²) < 4.78 is 14.3. The number of benzene rings is 2. The number of hydrogen-bond donors (Lipinski definition) is 1. The molecule has 0 saturated heterocycles. The summed E-state index contributed by atoms with van der Waals surface area (Å²) in [5.74, 6) is -0.138. The van der Waals surface area contributed by atoms with Crippen molar-refractivity contribution in [1.82, 2.24) is 9.88 Å². The number of aromatic nitrogens is 1. The zero-order valence-electron chi connectivity index (χ0n) is 11.9. The molecule has 2 heterocycles. The van der Waals surface area contributed by atoms with E-state index in [0.29, 0.717) is 0 Å². The Balaban J connectivity index is 1.95. The maximum absolute atomic E-state index is 14.3. The Morgan fingerprint density at radius 3 is 2.71 bits per heavy atom. The molecule has 106 valence electrons. The molecule has 1 N–H and O–H groups in total. The highest BCUT2D eigenvalue weighted by molar-refractivity contribution is 5.85. The maximum atomic E-state index is 14.3. The molecule has 0 bridgehead atoms. The van der Waals surface area contributed by atoms with Gasteiger partial charge in [0.2, 0.25) is 0 Å². The van der Waals surface area contributed by atoms with Crippen molar-refractivity contribution in [1.29, 1.82) is 0 Å². The average molecular weight is 280 g/mol. The van der Waals surface area contributed by atoms with Gasteiger partial charge in [-0.15, -0.1) is 0 Å². The van der Waals surface area contributed by atoms with Crippen molar-refractivity contribution in [3.8, 4) is 0 Å². The van der Waals surface area contributed by atoms with E-state index in [4.69, 9.17) is 0 Å². The van der Waals surface area contributed by atoms with E-state index in [0.717, 1.165) is 29.7 Å². The highest BCUT2D eigenvalue weighted by atomic mass is 19.1. The molecule has 1 aliphatic rings. The van der Waals surface area contributed by atoms with E-state index in [-0.39, 0.29) is 11.9 Å². The minimum Gasteiger partial charge on any atom is -0.357 e. The zero-order chi connectivity index (χ0) is 14.4. The molecule has 21 heavy (non-hydrogen) atoms. The van der Waals surface area contributed by atoms with Gasteiger partial charge in [0.05, 0.1) is 6.04 Å². The van der Waals surface area contributed by atoms with E-state index in [1.165, 1.54) is 10.9 Å². The van der Waals surface area contributed by atoms with Crippen LogP contribution >= 0.6 is 0 Å². The van der Waals surface area contributed by atoms with Crippen LogP contribution in [0, 0.1) is 5.82 Å². The van der Waals surface area contributed by atoms with Crippen LogP contribution in [0.1, 0.15) is 22.9 Å².